The molecule has 0 bridgehead atoms. The van der Waals surface area contributed by atoms with Crippen molar-refractivity contribution in [2.24, 2.45) is 0 Å². The minimum absolute atomic E-state index is 0.192. The summed E-state index contributed by atoms with van der Waals surface area (Å²) >= 11 is 0. The summed E-state index contributed by atoms with van der Waals surface area (Å²) in [6.07, 6.45) is 1.62. The third kappa shape index (κ3) is 2.67. The molecule has 3 heteroatoms. The van der Waals surface area contributed by atoms with E-state index < -0.39 is 5.97 Å². The van der Waals surface area contributed by atoms with Crippen LogP contribution in [0.1, 0.15) is 49.8 Å². The third-order valence-corrected chi connectivity index (χ3v) is 3.45. The van der Waals surface area contributed by atoms with Gasteiger partial charge in [0.25, 0.3) is 0 Å². The number of carboxylic acids is 1. The fourth-order valence-corrected chi connectivity index (χ4v) is 2.31. The molecule has 3 nitrogen and oxygen atoms in total. The van der Waals surface area contributed by atoms with Crippen molar-refractivity contribution in [3.63, 3.8) is 0 Å². The Labute approximate surface area is 102 Å². The van der Waals surface area contributed by atoms with Gasteiger partial charge < -0.3 is 5.11 Å². The van der Waals surface area contributed by atoms with E-state index in [0.29, 0.717) is 12.3 Å². The van der Waals surface area contributed by atoms with Gasteiger partial charge in [-0.2, -0.15) is 0 Å². The van der Waals surface area contributed by atoms with E-state index in [4.69, 9.17) is 5.11 Å². The number of carbonyl (C=O) groups is 1. The summed E-state index contributed by atoms with van der Waals surface area (Å²) in [5.74, 6) is -0.210. The second-order valence-corrected chi connectivity index (χ2v) is 5.01. The first kappa shape index (κ1) is 12.1. The Bertz CT molecular complexity index is 397. The Morgan fingerprint density at radius 3 is 2.41 bits per heavy atom. The van der Waals surface area contributed by atoms with Gasteiger partial charge in [-0.1, -0.05) is 38.1 Å². The van der Waals surface area contributed by atoms with Gasteiger partial charge in [0, 0.05) is 6.04 Å². The van der Waals surface area contributed by atoms with Crippen LogP contribution < -0.4 is 5.32 Å². The number of hydrogen-bond donors (Lipinski definition) is 2. The van der Waals surface area contributed by atoms with Gasteiger partial charge in [-0.15, -0.1) is 0 Å². The predicted molar refractivity (Wildman–Crippen MR) is 67.1 cm³/mol. The smallest absolute Gasteiger partial charge is 0.320 e. The minimum atomic E-state index is -0.744. The van der Waals surface area contributed by atoms with E-state index >= 15 is 0 Å². The molecular weight excluding hydrogens is 214 g/mol. The summed E-state index contributed by atoms with van der Waals surface area (Å²) in [5.41, 5.74) is 2.51. The molecule has 1 aliphatic rings. The number of hydrogen-bond acceptors (Lipinski definition) is 2. The zero-order valence-corrected chi connectivity index (χ0v) is 10.3. The first-order valence-electron chi connectivity index (χ1n) is 6.16. The van der Waals surface area contributed by atoms with Crippen LogP contribution in [0, 0.1) is 0 Å². The highest BCUT2D eigenvalue weighted by Crippen LogP contribution is 2.27. The lowest BCUT2D eigenvalue weighted by Gasteiger charge is -2.13. The SMILES string of the molecule is CC(C)c1ccc(C2CCC(C(=O)O)N2)cc1. The topological polar surface area (TPSA) is 49.3 Å². The highest BCUT2D eigenvalue weighted by molar-refractivity contribution is 5.73. The summed E-state index contributed by atoms with van der Waals surface area (Å²) in [6, 6.07) is 8.29. The van der Waals surface area contributed by atoms with E-state index in [2.05, 4.69) is 43.4 Å². The van der Waals surface area contributed by atoms with Gasteiger partial charge in [0.2, 0.25) is 0 Å². The average molecular weight is 233 g/mol. The molecule has 0 aliphatic carbocycles. The number of aliphatic carboxylic acids is 1. The van der Waals surface area contributed by atoms with Crippen molar-refractivity contribution < 1.29 is 9.90 Å². The van der Waals surface area contributed by atoms with Crippen LogP contribution in [0.5, 0.6) is 0 Å². The van der Waals surface area contributed by atoms with Crippen LogP contribution in [-0.4, -0.2) is 17.1 Å². The van der Waals surface area contributed by atoms with Gasteiger partial charge in [-0.3, -0.25) is 10.1 Å². The van der Waals surface area contributed by atoms with Gasteiger partial charge in [0.15, 0.2) is 0 Å². The molecule has 1 aromatic carbocycles. The van der Waals surface area contributed by atoms with Crippen molar-refractivity contribution in [1.82, 2.24) is 5.32 Å². The molecule has 0 spiro atoms. The average Bonchev–Trinajstić information content (AvgIpc) is 2.78. The normalized spacial score (nSPS) is 24.2. The molecule has 1 fully saturated rings. The molecule has 2 atom stereocenters. The molecule has 17 heavy (non-hydrogen) atoms. The molecule has 0 radical (unpaired) electrons. The van der Waals surface area contributed by atoms with Gasteiger partial charge in [-0.25, -0.2) is 0 Å². The van der Waals surface area contributed by atoms with Gasteiger partial charge in [0.1, 0.15) is 6.04 Å². The largest absolute Gasteiger partial charge is 0.480 e. The maximum atomic E-state index is 10.9. The van der Waals surface area contributed by atoms with Crippen LogP contribution in [0.15, 0.2) is 24.3 Å². The van der Waals surface area contributed by atoms with Crippen LogP contribution in [0.25, 0.3) is 0 Å². The van der Waals surface area contributed by atoms with Crippen molar-refractivity contribution in [3.8, 4) is 0 Å². The van der Waals surface area contributed by atoms with E-state index in [1.54, 1.807) is 0 Å². The van der Waals surface area contributed by atoms with Crippen molar-refractivity contribution >= 4 is 5.97 Å². The molecule has 2 unspecified atom stereocenters. The molecule has 2 N–H and O–H groups in total. The Morgan fingerprint density at radius 1 is 1.29 bits per heavy atom. The molecular formula is C14H19NO2. The zero-order valence-electron chi connectivity index (χ0n) is 10.3. The highest BCUT2D eigenvalue weighted by atomic mass is 16.4. The van der Waals surface area contributed by atoms with Crippen LogP contribution in [0.3, 0.4) is 0 Å². The monoisotopic (exact) mass is 233 g/mol. The van der Waals surface area contributed by atoms with E-state index in [-0.39, 0.29) is 12.1 Å². The summed E-state index contributed by atoms with van der Waals surface area (Å²) in [5, 5.41) is 12.1. The maximum absolute atomic E-state index is 10.9. The Morgan fingerprint density at radius 2 is 1.94 bits per heavy atom. The molecule has 1 aliphatic heterocycles. The number of nitrogens with one attached hydrogen (secondary N) is 1. The first-order chi connectivity index (χ1) is 8.08. The molecule has 1 saturated heterocycles. The van der Waals surface area contributed by atoms with Crippen LogP contribution in [-0.2, 0) is 4.79 Å². The van der Waals surface area contributed by atoms with Crippen molar-refractivity contribution in [1.29, 1.82) is 0 Å². The summed E-state index contributed by atoms with van der Waals surface area (Å²) in [7, 11) is 0. The second-order valence-electron chi connectivity index (χ2n) is 5.01. The molecule has 0 amide bonds. The van der Waals surface area contributed by atoms with Crippen molar-refractivity contribution in [2.45, 2.75) is 44.7 Å². The second kappa shape index (κ2) is 4.88. The molecule has 0 saturated carbocycles. The van der Waals surface area contributed by atoms with Crippen molar-refractivity contribution in [3.05, 3.63) is 35.4 Å². The molecule has 1 heterocycles. The molecule has 1 aromatic rings. The van der Waals surface area contributed by atoms with Gasteiger partial charge >= 0.3 is 5.97 Å². The maximum Gasteiger partial charge on any atom is 0.320 e. The summed E-state index contributed by atoms with van der Waals surface area (Å²) in [6.45, 7) is 4.34. The fourth-order valence-electron chi connectivity index (χ4n) is 2.31. The number of benzene rings is 1. The van der Waals surface area contributed by atoms with Gasteiger partial charge in [-0.05, 0) is 29.9 Å². The predicted octanol–water partition coefficient (Wildman–Crippen LogP) is 2.69. The highest BCUT2D eigenvalue weighted by Gasteiger charge is 2.29. The van der Waals surface area contributed by atoms with E-state index in [1.165, 1.54) is 11.1 Å². The Kier molecular flexibility index (Phi) is 3.48. The van der Waals surface area contributed by atoms with E-state index in [1.807, 2.05) is 0 Å². The molecule has 2 rings (SSSR count). The molecule has 0 aromatic heterocycles. The van der Waals surface area contributed by atoms with E-state index in [9.17, 15) is 4.79 Å². The van der Waals surface area contributed by atoms with Crippen LogP contribution in [0.4, 0.5) is 0 Å². The lowest BCUT2D eigenvalue weighted by molar-refractivity contribution is -0.139. The Hall–Kier alpha value is -1.35. The van der Waals surface area contributed by atoms with E-state index in [0.717, 1.165) is 6.42 Å². The van der Waals surface area contributed by atoms with Crippen molar-refractivity contribution in [2.75, 3.05) is 0 Å². The third-order valence-electron chi connectivity index (χ3n) is 3.45. The summed E-state index contributed by atoms with van der Waals surface area (Å²) < 4.78 is 0. The van der Waals surface area contributed by atoms with Gasteiger partial charge in [0.05, 0.1) is 0 Å². The standard InChI is InChI=1S/C14H19NO2/c1-9(2)10-3-5-11(6-4-10)12-7-8-13(15-12)14(16)17/h3-6,9,12-13,15H,7-8H2,1-2H3,(H,16,17). The lowest BCUT2D eigenvalue weighted by Crippen LogP contribution is -2.31. The fraction of sp³-hybridized carbons (Fsp3) is 0.500. The number of carboxylic acid groups (broad SMARTS) is 1. The quantitative estimate of drug-likeness (QED) is 0.844. The Balaban J connectivity index is 2.06. The zero-order chi connectivity index (χ0) is 12.4. The van der Waals surface area contributed by atoms with Crippen LogP contribution in [0.2, 0.25) is 0 Å². The lowest BCUT2D eigenvalue weighted by atomic mass is 9.98. The first-order valence-corrected chi connectivity index (χ1v) is 6.16. The number of rotatable bonds is 3. The van der Waals surface area contributed by atoms with Crippen LogP contribution >= 0.6 is 0 Å². The minimum Gasteiger partial charge on any atom is -0.480 e. The summed E-state index contributed by atoms with van der Waals surface area (Å²) in [4.78, 5) is 10.9. The molecule has 92 valence electrons.